The number of carbonyl (C=O) groups is 1. The fourth-order valence-electron chi connectivity index (χ4n) is 2.22. The maximum absolute atomic E-state index is 13.4. The molecule has 4 nitrogen and oxygen atoms in total. The molecule has 22 heavy (non-hydrogen) atoms. The molecular formula is C15H10F3N3O. The van der Waals surface area contributed by atoms with Crippen LogP contribution in [0.2, 0.25) is 0 Å². The van der Waals surface area contributed by atoms with Crippen LogP contribution in [-0.2, 0) is 11.3 Å². The Bertz CT molecular complexity index is 845. The van der Waals surface area contributed by atoms with Crippen molar-refractivity contribution in [2.45, 2.75) is 13.0 Å². The second-order valence-electron chi connectivity index (χ2n) is 4.66. The lowest BCUT2D eigenvalue weighted by atomic mass is 10.0. The van der Waals surface area contributed by atoms with Gasteiger partial charge in [0.1, 0.15) is 17.6 Å². The number of halogens is 3. The summed E-state index contributed by atoms with van der Waals surface area (Å²) in [5.41, 5.74) is 1.50. The predicted octanol–water partition coefficient (Wildman–Crippen LogP) is 3.37. The smallest absolute Gasteiger partial charge is 0.266 e. The van der Waals surface area contributed by atoms with Crippen molar-refractivity contribution in [3.05, 3.63) is 48.0 Å². The van der Waals surface area contributed by atoms with E-state index < -0.39 is 17.8 Å². The molecule has 0 N–H and O–H groups in total. The summed E-state index contributed by atoms with van der Waals surface area (Å²) in [5.74, 6) is -0.946. The molecule has 0 aliphatic rings. The molecule has 7 heteroatoms. The first kappa shape index (κ1) is 14.2. The Labute approximate surface area is 123 Å². The number of alkyl halides is 2. The molecule has 0 atom stereocenters. The fourth-order valence-corrected chi connectivity index (χ4v) is 2.22. The monoisotopic (exact) mass is 305 g/mol. The Balaban J connectivity index is 2.11. The van der Waals surface area contributed by atoms with Crippen LogP contribution >= 0.6 is 0 Å². The Morgan fingerprint density at radius 2 is 2.00 bits per heavy atom. The van der Waals surface area contributed by atoms with E-state index in [4.69, 9.17) is 0 Å². The van der Waals surface area contributed by atoms with E-state index >= 15 is 0 Å². The van der Waals surface area contributed by atoms with Gasteiger partial charge in [-0.05, 0) is 23.8 Å². The highest BCUT2D eigenvalue weighted by atomic mass is 19.3. The molecule has 0 aliphatic heterocycles. The van der Waals surface area contributed by atoms with Crippen molar-refractivity contribution in [1.82, 2.24) is 14.8 Å². The summed E-state index contributed by atoms with van der Waals surface area (Å²) in [6, 6.07) is 5.19. The van der Waals surface area contributed by atoms with Crippen LogP contribution in [0.4, 0.5) is 13.2 Å². The van der Waals surface area contributed by atoms with E-state index in [9.17, 15) is 18.0 Å². The van der Waals surface area contributed by atoms with Gasteiger partial charge in [0.15, 0.2) is 0 Å². The van der Waals surface area contributed by atoms with Crippen molar-refractivity contribution in [3.63, 3.8) is 0 Å². The number of benzene rings is 1. The lowest BCUT2D eigenvalue weighted by Gasteiger charge is -2.07. The molecular weight excluding hydrogens is 295 g/mol. The number of aromatic nitrogens is 3. The third-order valence-corrected chi connectivity index (χ3v) is 3.31. The number of pyridine rings is 1. The highest BCUT2D eigenvalue weighted by Gasteiger charge is 2.15. The molecule has 0 fully saturated rings. The zero-order valence-corrected chi connectivity index (χ0v) is 11.2. The van der Waals surface area contributed by atoms with E-state index in [1.165, 1.54) is 23.1 Å². The molecule has 3 rings (SSSR count). The van der Waals surface area contributed by atoms with Crippen LogP contribution in [-0.4, -0.2) is 21.1 Å². The first-order valence-corrected chi connectivity index (χ1v) is 6.43. The number of nitrogens with zero attached hydrogens (tertiary/aromatic N) is 3. The molecule has 0 radical (unpaired) electrons. The molecule has 0 saturated carbocycles. The largest absolute Gasteiger partial charge is 0.301 e. The summed E-state index contributed by atoms with van der Waals surface area (Å²) in [6.45, 7) is 0.0698. The van der Waals surface area contributed by atoms with Gasteiger partial charge < -0.3 is 4.79 Å². The average molecular weight is 305 g/mol. The molecule has 0 unspecified atom stereocenters. The maximum Gasteiger partial charge on any atom is 0.266 e. The van der Waals surface area contributed by atoms with Crippen LogP contribution in [0.15, 0.2) is 36.7 Å². The normalized spacial score (nSPS) is 11.3. The fraction of sp³-hybridized carbons (Fsp3) is 0.133. The topological polar surface area (TPSA) is 47.8 Å². The van der Waals surface area contributed by atoms with E-state index in [0.717, 1.165) is 12.1 Å². The minimum atomic E-state index is -2.89. The number of carbonyl (C=O) groups excluding carboxylic acids is 1. The van der Waals surface area contributed by atoms with Crippen LogP contribution in [0.25, 0.3) is 22.2 Å². The van der Waals surface area contributed by atoms with Crippen LogP contribution in [0.5, 0.6) is 0 Å². The summed E-state index contributed by atoms with van der Waals surface area (Å²) >= 11 is 0. The van der Waals surface area contributed by atoms with Crippen LogP contribution in [0, 0.1) is 5.82 Å². The van der Waals surface area contributed by atoms with Gasteiger partial charge in [0, 0.05) is 11.8 Å². The predicted molar refractivity (Wildman–Crippen MR) is 73.9 cm³/mol. The third kappa shape index (κ3) is 2.45. The van der Waals surface area contributed by atoms with Gasteiger partial charge in [0.25, 0.3) is 6.43 Å². The summed E-state index contributed by atoms with van der Waals surface area (Å²) in [6.07, 6.45) is 0.818. The number of fused-ring (bicyclic) bond motifs is 1. The molecule has 0 amide bonds. The number of rotatable bonds is 4. The molecule has 2 aromatic heterocycles. The lowest BCUT2D eigenvalue weighted by Crippen LogP contribution is -2.00. The SMILES string of the molecule is O=CCn1ncc2ncc(-c3ccc(F)c(C(F)F)c3)cc21. The second kappa shape index (κ2) is 5.59. The van der Waals surface area contributed by atoms with Crippen LogP contribution in [0.3, 0.4) is 0 Å². The summed E-state index contributed by atoms with van der Waals surface area (Å²) in [5, 5.41) is 4.02. The van der Waals surface area contributed by atoms with Gasteiger partial charge in [-0.1, -0.05) is 6.07 Å². The van der Waals surface area contributed by atoms with E-state index in [-0.39, 0.29) is 6.54 Å². The quantitative estimate of drug-likeness (QED) is 0.694. The van der Waals surface area contributed by atoms with E-state index in [0.29, 0.717) is 28.4 Å². The van der Waals surface area contributed by atoms with Crippen LogP contribution < -0.4 is 0 Å². The molecule has 3 aromatic rings. The first-order valence-electron chi connectivity index (χ1n) is 6.43. The van der Waals surface area contributed by atoms with Crippen LogP contribution in [0.1, 0.15) is 12.0 Å². The van der Waals surface area contributed by atoms with E-state index in [1.807, 2.05) is 0 Å². The minimum absolute atomic E-state index is 0.0698. The third-order valence-electron chi connectivity index (χ3n) is 3.31. The van der Waals surface area contributed by atoms with Gasteiger partial charge in [-0.3, -0.25) is 9.67 Å². The molecule has 1 aromatic carbocycles. The highest BCUT2D eigenvalue weighted by molar-refractivity contribution is 5.81. The zero-order valence-electron chi connectivity index (χ0n) is 11.2. The zero-order chi connectivity index (χ0) is 15.7. The average Bonchev–Trinajstić information content (AvgIpc) is 2.90. The van der Waals surface area contributed by atoms with E-state index in [1.54, 1.807) is 6.07 Å². The molecule has 0 spiro atoms. The second-order valence-corrected chi connectivity index (χ2v) is 4.66. The van der Waals surface area contributed by atoms with Crippen molar-refractivity contribution < 1.29 is 18.0 Å². The Kier molecular flexibility index (Phi) is 3.62. The van der Waals surface area contributed by atoms with Crippen molar-refractivity contribution >= 4 is 17.3 Å². The summed E-state index contributed by atoms with van der Waals surface area (Å²) < 4.78 is 40.4. The Morgan fingerprint density at radius 3 is 2.73 bits per heavy atom. The summed E-state index contributed by atoms with van der Waals surface area (Å²) in [7, 11) is 0. The van der Waals surface area contributed by atoms with Gasteiger partial charge in [-0.2, -0.15) is 5.10 Å². The Morgan fingerprint density at radius 1 is 1.18 bits per heavy atom. The van der Waals surface area contributed by atoms with Gasteiger partial charge in [0.05, 0.1) is 23.8 Å². The Hall–Kier alpha value is -2.70. The van der Waals surface area contributed by atoms with Crippen molar-refractivity contribution in [2.24, 2.45) is 0 Å². The van der Waals surface area contributed by atoms with Crippen molar-refractivity contribution in [2.75, 3.05) is 0 Å². The van der Waals surface area contributed by atoms with Gasteiger partial charge in [-0.25, -0.2) is 13.2 Å². The van der Waals surface area contributed by atoms with Gasteiger partial charge in [-0.15, -0.1) is 0 Å². The molecule has 0 bridgehead atoms. The minimum Gasteiger partial charge on any atom is -0.301 e. The van der Waals surface area contributed by atoms with Crippen molar-refractivity contribution in [1.29, 1.82) is 0 Å². The van der Waals surface area contributed by atoms with E-state index in [2.05, 4.69) is 10.1 Å². The summed E-state index contributed by atoms with van der Waals surface area (Å²) in [4.78, 5) is 14.8. The lowest BCUT2D eigenvalue weighted by molar-refractivity contribution is -0.108. The maximum atomic E-state index is 13.4. The number of aldehydes is 1. The number of hydrogen-bond acceptors (Lipinski definition) is 3. The number of hydrogen-bond donors (Lipinski definition) is 0. The van der Waals surface area contributed by atoms with Gasteiger partial charge in [0.2, 0.25) is 0 Å². The standard InChI is InChI=1S/C15H10F3N3O/c16-12-2-1-9(5-11(12)15(17)18)10-6-14-13(19-7-10)8-20-21(14)3-4-22/h1-2,4-8,15H,3H2. The van der Waals surface area contributed by atoms with Gasteiger partial charge >= 0.3 is 0 Å². The van der Waals surface area contributed by atoms with Crippen molar-refractivity contribution in [3.8, 4) is 11.1 Å². The molecule has 0 aliphatic carbocycles. The first-order chi connectivity index (χ1) is 10.6. The molecule has 0 saturated heterocycles. The molecule has 2 heterocycles. The highest BCUT2D eigenvalue weighted by Crippen LogP contribution is 2.29. The molecule has 112 valence electrons.